The van der Waals surface area contributed by atoms with Crippen molar-refractivity contribution in [1.29, 1.82) is 0 Å². The third-order valence-electron chi connectivity index (χ3n) is 2.69. The second-order valence-corrected chi connectivity index (χ2v) is 5.79. The lowest BCUT2D eigenvalue weighted by molar-refractivity contribution is 0.969. The Balaban J connectivity index is 2.58. The van der Waals surface area contributed by atoms with Crippen LogP contribution in [-0.4, -0.2) is 6.54 Å². The Bertz CT molecular complexity index is 611. The van der Waals surface area contributed by atoms with E-state index >= 15 is 0 Å². The van der Waals surface area contributed by atoms with Gasteiger partial charge in [0.1, 0.15) is 0 Å². The van der Waals surface area contributed by atoms with E-state index in [0.29, 0.717) is 26.6 Å². The minimum absolute atomic E-state index is 0.421. The number of nitrogens with two attached hydrogens (primary N) is 1. The maximum absolute atomic E-state index is 6.22. The molecule has 0 radical (unpaired) electrons. The highest BCUT2D eigenvalue weighted by molar-refractivity contribution is 6.45. The Morgan fingerprint density at radius 1 is 0.842 bits per heavy atom. The van der Waals surface area contributed by atoms with Crippen LogP contribution in [0.4, 0.5) is 0 Å². The van der Waals surface area contributed by atoms with Crippen molar-refractivity contribution < 1.29 is 0 Å². The van der Waals surface area contributed by atoms with Gasteiger partial charge in [-0.2, -0.15) is 0 Å². The molecular weight excluding hydrogens is 324 g/mol. The van der Waals surface area contributed by atoms with Gasteiger partial charge in [0.25, 0.3) is 0 Å². The van der Waals surface area contributed by atoms with Crippen LogP contribution in [0.1, 0.15) is 5.56 Å². The minimum Gasteiger partial charge on any atom is -0.330 e. The molecular formula is C14H11Cl4N. The zero-order chi connectivity index (χ0) is 14.0. The molecule has 0 aliphatic rings. The molecule has 0 amide bonds. The van der Waals surface area contributed by atoms with Gasteiger partial charge >= 0.3 is 0 Å². The van der Waals surface area contributed by atoms with Gasteiger partial charge in [-0.3, -0.25) is 0 Å². The summed E-state index contributed by atoms with van der Waals surface area (Å²) < 4.78 is 0. The largest absolute Gasteiger partial charge is 0.330 e. The van der Waals surface area contributed by atoms with Crippen molar-refractivity contribution in [2.24, 2.45) is 5.73 Å². The summed E-state index contributed by atoms with van der Waals surface area (Å²) >= 11 is 24.4. The van der Waals surface area contributed by atoms with Crippen molar-refractivity contribution in [3.8, 4) is 11.1 Å². The summed E-state index contributed by atoms with van der Waals surface area (Å²) in [6.07, 6.45) is 0.749. The Kier molecular flexibility index (Phi) is 4.99. The molecule has 19 heavy (non-hydrogen) atoms. The highest BCUT2D eigenvalue weighted by atomic mass is 35.5. The lowest BCUT2D eigenvalue weighted by Crippen LogP contribution is -2.02. The van der Waals surface area contributed by atoms with Gasteiger partial charge in [-0.05, 0) is 48.4 Å². The van der Waals surface area contributed by atoms with Crippen molar-refractivity contribution in [2.75, 3.05) is 6.54 Å². The fourth-order valence-corrected chi connectivity index (χ4v) is 2.85. The Morgan fingerprint density at radius 2 is 1.53 bits per heavy atom. The monoisotopic (exact) mass is 333 g/mol. The summed E-state index contributed by atoms with van der Waals surface area (Å²) in [6.45, 7) is 0.559. The summed E-state index contributed by atoms with van der Waals surface area (Å²) in [6, 6.07) is 9.09. The van der Waals surface area contributed by atoms with Gasteiger partial charge in [0.15, 0.2) is 0 Å². The molecule has 0 aromatic heterocycles. The van der Waals surface area contributed by atoms with Crippen LogP contribution in [0.25, 0.3) is 11.1 Å². The Labute approximate surface area is 132 Å². The molecule has 0 aliphatic carbocycles. The first kappa shape index (κ1) is 15.0. The molecule has 0 fully saturated rings. The lowest BCUT2D eigenvalue weighted by atomic mass is 10.0. The topological polar surface area (TPSA) is 26.0 Å². The van der Waals surface area contributed by atoms with Crippen LogP contribution >= 0.6 is 46.4 Å². The molecule has 2 N–H and O–H groups in total. The van der Waals surface area contributed by atoms with E-state index in [1.807, 2.05) is 18.2 Å². The summed E-state index contributed by atoms with van der Waals surface area (Å²) in [5, 5.41) is 2.05. The summed E-state index contributed by atoms with van der Waals surface area (Å²) in [4.78, 5) is 0. The standard InChI is InChI=1S/C14H11Cl4N/c15-10-4-8(1-2-19)3-9(5-10)12-6-11(16)7-13(17)14(12)18/h3-7H,1-2,19H2. The third kappa shape index (κ3) is 3.56. The first-order valence-electron chi connectivity index (χ1n) is 5.65. The first-order chi connectivity index (χ1) is 9.01. The first-order valence-corrected chi connectivity index (χ1v) is 7.17. The van der Waals surface area contributed by atoms with E-state index in [2.05, 4.69) is 0 Å². The van der Waals surface area contributed by atoms with E-state index in [1.54, 1.807) is 12.1 Å². The zero-order valence-electron chi connectivity index (χ0n) is 9.89. The highest BCUT2D eigenvalue weighted by Gasteiger charge is 2.10. The molecule has 0 saturated carbocycles. The van der Waals surface area contributed by atoms with Gasteiger partial charge in [-0.25, -0.2) is 0 Å². The van der Waals surface area contributed by atoms with Gasteiger partial charge in [0.05, 0.1) is 10.0 Å². The van der Waals surface area contributed by atoms with Gasteiger partial charge in [-0.15, -0.1) is 0 Å². The van der Waals surface area contributed by atoms with Gasteiger partial charge in [-0.1, -0.05) is 52.5 Å². The smallest absolute Gasteiger partial charge is 0.0671 e. The zero-order valence-corrected chi connectivity index (χ0v) is 12.9. The van der Waals surface area contributed by atoms with Crippen LogP contribution in [-0.2, 0) is 6.42 Å². The van der Waals surface area contributed by atoms with Crippen LogP contribution in [0.2, 0.25) is 20.1 Å². The van der Waals surface area contributed by atoms with E-state index < -0.39 is 0 Å². The molecule has 0 aliphatic heterocycles. The molecule has 2 aromatic carbocycles. The van der Waals surface area contributed by atoms with E-state index in [4.69, 9.17) is 52.1 Å². The Hall–Kier alpha value is -0.440. The van der Waals surface area contributed by atoms with E-state index in [0.717, 1.165) is 23.1 Å². The molecule has 2 rings (SSSR count). The molecule has 0 saturated heterocycles. The van der Waals surface area contributed by atoms with Gasteiger partial charge < -0.3 is 5.73 Å². The molecule has 0 atom stereocenters. The second kappa shape index (κ2) is 6.34. The number of halogens is 4. The predicted molar refractivity (Wildman–Crippen MR) is 84.7 cm³/mol. The van der Waals surface area contributed by atoms with Gasteiger partial charge in [0.2, 0.25) is 0 Å². The van der Waals surface area contributed by atoms with Crippen LogP contribution in [0.5, 0.6) is 0 Å². The molecule has 0 heterocycles. The summed E-state index contributed by atoms with van der Waals surface area (Å²) in [5.41, 5.74) is 8.26. The summed E-state index contributed by atoms with van der Waals surface area (Å²) in [5.74, 6) is 0. The third-order valence-corrected chi connectivity index (χ3v) is 3.93. The van der Waals surface area contributed by atoms with Gasteiger partial charge in [0, 0.05) is 15.6 Å². The van der Waals surface area contributed by atoms with Crippen LogP contribution in [0, 0.1) is 0 Å². The number of benzene rings is 2. The van der Waals surface area contributed by atoms with Crippen molar-refractivity contribution in [2.45, 2.75) is 6.42 Å². The Morgan fingerprint density at radius 3 is 2.21 bits per heavy atom. The minimum atomic E-state index is 0.421. The molecule has 2 aromatic rings. The van der Waals surface area contributed by atoms with E-state index in [1.165, 1.54) is 0 Å². The second-order valence-electron chi connectivity index (χ2n) is 4.14. The van der Waals surface area contributed by atoms with Crippen molar-refractivity contribution >= 4 is 46.4 Å². The molecule has 5 heteroatoms. The average Bonchev–Trinajstić information content (AvgIpc) is 2.33. The van der Waals surface area contributed by atoms with E-state index in [-0.39, 0.29) is 0 Å². The summed E-state index contributed by atoms with van der Waals surface area (Å²) in [7, 11) is 0. The van der Waals surface area contributed by atoms with E-state index in [9.17, 15) is 0 Å². The molecule has 0 unspecified atom stereocenters. The predicted octanol–water partition coefficient (Wildman–Crippen LogP) is 5.47. The number of hydrogen-bond donors (Lipinski definition) is 1. The molecule has 0 bridgehead atoms. The highest BCUT2D eigenvalue weighted by Crippen LogP contribution is 2.37. The normalized spacial score (nSPS) is 10.8. The van der Waals surface area contributed by atoms with Crippen LogP contribution in [0.3, 0.4) is 0 Å². The van der Waals surface area contributed by atoms with Crippen molar-refractivity contribution in [1.82, 2.24) is 0 Å². The average molecular weight is 335 g/mol. The maximum atomic E-state index is 6.22. The number of rotatable bonds is 3. The molecule has 100 valence electrons. The van der Waals surface area contributed by atoms with Crippen molar-refractivity contribution in [3.05, 3.63) is 56.0 Å². The molecule has 0 spiro atoms. The molecule has 1 nitrogen and oxygen atoms in total. The lowest BCUT2D eigenvalue weighted by Gasteiger charge is -2.10. The number of hydrogen-bond acceptors (Lipinski definition) is 1. The fourth-order valence-electron chi connectivity index (χ4n) is 1.88. The van der Waals surface area contributed by atoms with Crippen LogP contribution in [0.15, 0.2) is 30.3 Å². The quantitative estimate of drug-likeness (QED) is 0.740. The van der Waals surface area contributed by atoms with Crippen molar-refractivity contribution in [3.63, 3.8) is 0 Å². The maximum Gasteiger partial charge on any atom is 0.0671 e. The SMILES string of the molecule is NCCc1cc(Cl)cc(-c2cc(Cl)cc(Cl)c2Cl)c1. The fraction of sp³-hybridized carbons (Fsp3) is 0.143. The van der Waals surface area contributed by atoms with Crippen LogP contribution < -0.4 is 5.73 Å².